The number of allylic oxidation sites excluding steroid dienone is 2. The minimum atomic E-state index is -1.45. The molecule has 0 bridgehead atoms. The van der Waals surface area contributed by atoms with Crippen molar-refractivity contribution in [3.05, 3.63) is 87.5 Å². The van der Waals surface area contributed by atoms with Crippen molar-refractivity contribution in [2.75, 3.05) is 0 Å². The van der Waals surface area contributed by atoms with E-state index < -0.39 is 17.5 Å². The molecule has 1 aliphatic carbocycles. The zero-order valence-electron chi connectivity index (χ0n) is 18.1. The molecule has 0 saturated carbocycles. The summed E-state index contributed by atoms with van der Waals surface area (Å²) in [4.78, 5) is 6.82. The second-order valence-electron chi connectivity index (χ2n) is 8.20. The second-order valence-corrected chi connectivity index (χ2v) is 8.20. The highest BCUT2D eigenvalue weighted by Gasteiger charge is 2.31. The summed E-state index contributed by atoms with van der Waals surface area (Å²) in [5.41, 5.74) is 7.61. The molecule has 1 heterocycles. The molecular formula is C25H26F3N3. The lowest BCUT2D eigenvalue weighted by atomic mass is 10.0. The van der Waals surface area contributed by atoms with E-state index in [9.17, 15) is 13.2 Å². The van der Waals surface area contributed by atoms with Crippen LogP contribution < -0.4 is 5.32 Å². The summed E-state index contributed by atoms with van der Waals surface area (Å²) in [5, 5.41) is 3.28. The van der Waals surface area contributed by atoms with Gasteiger partial charge in [-0.15, -0.1) is 0 Å². The second kappa shape index (κ2) is 8.25. The SMILES string of the molecule is C=C1NC(=Nc2cc(C)c(CC)cc2C)N(Cc2cc(F)c(F)c(F)c2)C2=C1CCC2. The van der Waals surface area contributed by atoms with Gasteiger partial charge < -0.3 is 10.2 Å². The van der Waals surface area contributed by atoms with E-state index in [4.69, 9.17) is 4.99 Å². The van der Waals surface area contributed by atoms with Crippen LogP contribution in [0, 0.1) is 31.3 Å². The number of aliphatic imine (C=N–C) groups is 1. The quantitative estimate of drug-likeness (QED) is 0.580. The molecule has 6 heteroatoms. The summed E-state index contributed by atoms with van der Waals surface area (Å²) in [7, 11) is 0. The van der Waals surface area contributed by atoms with Crippen molar-refractivity contribution in [3.63, 3.8) is 0 Å². The van der Waals surface area contributed by atoms with Gasteiger partial charge in [0.15, 0.2) is 17.5 Å². The van der Waals surface area contributed by atoms with Crippen molar-refractivity contribution in [1.29, 1.82) is 0 Å². The van der Waals surface area contributed by atoms with Gasteiger partial charge in [0.1, 0.15) is 0 Å². The topological polar surface area (TPSA) is 27.6 Å². The van der Waals surface area contributed by atoms with E-state index in [2.05, 4.69) is 37.9 Å². The average molecular weight is 425 g/mol. The van der Waals surface area contributed by atoms with E-state index >= 15 is 0 Å². The van der Waals surface area contributed by atoms with E-state index in [1.54, 1.807) is 0 Å². The van der Waals surface area contributed by atoms with Crippen molar-refractivity contribution in [2.45, 2.75) is 53.0 Å². The van der Waals surface area contributed by atoms with E-state index in [0.717, 1.165) is 71.6 Å². The number of hydrogen-bond acceptors (Lipinski definition) is 1. The van der Waals surface area contributed by atoms with Gasteiger partial charge in [0.2, 0.25) is 5.96 Å². The van der Waals surface area contributed by atoms with Gasteiger partial charge in [-0.2, -0.15) is 0 Å². The highest BCUT2D eigenvalue weighted by atomic mass is 19.2. The number of aryl methyl sites for hydroxylation is 3. The molecule has 0 unspecified atom stereocenters. The molecule has 0 atom stereocenters. The van der Waals surface area contributed by atoms with Crippen molar-refractivity contribution < 1.29 is 13.2 Å². The summed E-state index contributed by atoms with van der Waals surface area (Å²) in [6.07, 6.45) is 3.64. The minimum absolute atomic E-state index is 0.178. The predicted molar refractivity (Wildman–Crippen MR) is 117 cm³/mol. The number of hydrogen-bond donors (Lipinski definition) is 1. The fraction of sp³-hybridized carbons (Fsp3) is 0.320. The Morgan fingerprint density at radius 2 is 1.74 bits per heavy atom. The molecule has 4 rings (SSSR count). The molecule has 1 N–H and O–H groups in total. The van der Waals surface area contributed by atoms with Crippen LogP contribution in [-0.4, -0.2) is 10.9 Å². The third-order valence-corrected chi connectivity index (χ3v) is 6.04. The lowest BCUT2D eigenvalue weighted by Gasteiger charge is -2.34. The van der Waals surface area contributed by atoms with E-state index in [0.29, 0.717) is 11.5 Å². The summed E-state index contributed by atoms with van der Waals surface area (Å²) in [6, 6.07) is 6.28. The number of nitrogens with one attached hydrogen (secondary N) is 1. The first kappa shape index (κ1) is 21.2. The Hall–Kier alpha value is -3.02. The third-order valence-electron chi connectivity index (χ3n) is 6.04. The first-order valence-corrected chi connectivity index (χ1v) is 10.6. The largest absolute Gasteiger partial charge is 0.326 e. The fourth-order valence-corrected chi connectivity index (χ4v) is 4.37. The van der Waals surface area contributed by atoms with Gasteiger partial charge in [0.05, 0.1) is 12.2 Å². The smallest absolute Gasteiger partial charge is 0.208 e. The molecule has 162 valence electrons. The Bertz CT molecular complexity index is 1110. The van der Waals surface area contributed by atoms with E-state index in [-0.39, 0.29) is 6.54 Å². The van der Waals surface area contributed by atoms with E-state index in [1.807, 2.05) is 11.8 Å². The van der Waals surface area contributed by atoms with Gasteiger partial charge >= 0.3 is 0 Å². The molecule has 0 radical (unpaired) electrons. The Balaban J connectivity index is 1.78. The van der Waals surface area contributed by atoms with Gasteiger partial charge in [-0.25, -0.2) is 18.2 Å². The molecule has 0 aromatic heterocycles. The first-order chi connectivity index (χ1) is 14.8. The Morgan fingerprint density at radius 1 is 1.03 bits per heavy atom. The molecular weight excluding hydrogens is 399 g/mol. The summed E-state index contributed by atoms with van der Waals surface area (Å²) < 4.78 is 41.1. The maximum atomic E-state index is 13.8. The Morgan fingerprint density at radius 3 is 2.42 bits per heavy atom. The van der Waals surface area contributed by atoms with Crippen LogP contribution in [-0.2, 0) is 13.0 Å². The fourth-order valence-electron chi connectivity index (χ4n) is 4.37. The van der Waals surface area contributed by atoms with Crippen molar-refractivity contribution in [2.24, 2.45) is 4.99 Å². The van der Waals surface area contributed by atoms with Gasteiger partial charge in [-0.3, -0.25) is 0 Å². The summed E-state index contributed by atoms with van der Waals surface area (Å²) in [5.74, 6) is -3.27. The molecule has 0 saturated heterocycles. The molecule has 2 aliphatic rings. The van der Waals surface area contributed by atoms with Crippen LogP contribution in [0.2, 0.25) is 0 Å². The lowest BCUT2D eigenvalue weighted by molar-refractivity contribution is 0.432. The summed E-state index contributed by atoms with van der Waals surface area (Å²) in [6.45, 7) is 10.5. The van der Waals surface area contributed by atoms with Crippen LogP contribution in [0.1, 0.15) is 48.4 Å². The van der Waals surface area contributed by atoms with Crippen molar-refractivity contribution in [1.82, 2.24) is 10.2 Å². The highest BCUT2D eigenvalue weighted by Crippen LogP contribution is 2.37. The molecule has 0 fully saturated rings. The number of halogens is 3. The number of nitrogens with zero attached hydrogens (tertiary/aromatic N) is 2. The standard InChI is InChI=1S/C25H26F3N3/c1-5-18-9-15(3)22(10-14(18)2)30-25-29-16(4)19-7-6-8-23(19)31(25)13-17-11-20(26)24(28)21(27)12-17/h9-12H,4-8,13H2,1-3H3,(H,29,30). The van der Waals surface area contributed by atoms with Crippen molar-refractivity contribution in [3.8, 4) is 0 Å². The molecule has 31 heavy (non-hydrogen) atoms. The Kier molecular flexibility index (Phi) is 5.65. The lowest BCUT2D eigenvalue weighted by Crippen LogP contribution is -2.43. The van der Waals surface area contributed by atoms with Gasteiger partial charge in [-0.05, 0) is 85.6 Å². The van der Waals surface area contributed by atoms with Gasteiger partial charge in [-0.1, -0.05) is 19.6 Å². The van der Waals surface area contributed by atoms with Crippen molar-refractivity contribution >= 4 is 11.6 Å². The van der Waals surface area contributed by atoms with E-state index in [1.165, 1.54) is 5.56 Å². The molecule has 2 aromatic carbocycles. The van der Waals surface area contributed by atoms with Crippen LogP contribution in [0.25, 0.3) is 0 Å². The van der Waals surface area contributed by atoms with Crippen LogP contribution >= 0.6 is 0 Å². The maximum Gasteiger partial charge on any atom is 0.208 e. The Labute approximate surface area is 181 Å². The highest BCUT2D eigenvalue weighted by molar-refractivity contribution is 5.89. The zero-order valence-corrected chi connectivity index (χ0v) is 18.1. The number of benzene rings is 2. The van der Waals surface area contributed by atoms with Gasteiger partial charge in [0.25, 0.3) is 0 Å². The minimum Gasteiger partial charge on any atom is -0.326 e. The van der Waals surface area contributed by atoms with Crippen LogP contribution in [0.15, 0.2) is 52.8 Å². The molecule has 0 amide bonds. The monoisotopic (exact) mass is 425 g/mol. The summed E-state index contributed by atoms with van der Waals surface area (Å²) >= 11 is 0. The molecule has 3 nitrogen and oxygen atoms in total. The average Bonchev–Trinajstić information content (AvgIpc) is 3.22. The predicted octanol–water partition coefficient (Wildman–Crippen LogP) is 6.33. The van der Waals surface area contributed by atoms with Crippen LogP contribution in [0.5, 0.6) is 0 Å². The zero-order chi connectivity index (χ0) is 22.3. The number of guanidine groups is 1. The van der Waals surface area contributed by atoms with Gasteiger partial charge in [0, 0.05) is 11.4 Å². The van der Waals surface area contributed by atoms with Crippen LogP contribution in [0.3, 0.4) is 0 Å². The van der Waals surface area contributed by atoms with Crippen LogP contribution in [0.4, 0.5) is 18.9 Å². The number of rotatable bonds is 4. The third kappa shape index (κ3) is 3.99. The maximum absolute atomic E-state index is 13.8. The molecule has 2 aromatic rings. The normalized spacial score (nSPS) is 17.4. The first-order valence-electron chi connectivity index (χ1n) is 10.6. The molecule has 0 spiro atoms. The molecule has 1 aliphatic heterocycles.